The molecule has 0 bridgehead atoms. The molecule has 0 atom stereocenters. The zero-order chi connectivity index (χ0) is 39.2. The number of hydrogen-bond acceptors (Lipinski definition) is 9. The van der Waals surface area contributed by atoms with Gasteiger partial charge in [-0.2, -0.15) is 0 Å². The van der Waals surface area contributed by atoms with Gasteiger partial charge in [0.2, 0.25) is 10.6 Å². The number of pyridine rings is 1. The molecule has 6 aliphatic rings. The summed E-state index contributed by atoms with van der Waals surface area (Å²) in [5.41, 5.74) is 8.16. The van der Waals surface area contributed by atoms with Crippen molar-refractivity contribution >= 4 is 46.4 Å². The van der Waals surface area contributed by atoms with Gasteiger partial charge in [-0.25, -0.2) is 29.9 Å². The average Bonchev–Trinajstić information content (AvgIpc) is 3.81. The maximum Gasteiger partial charge on any atom is 0.224 e. The Balaban J connectivity index is 0.000000125. The Kier molecular flexibility index (Phi) is 16.0. The van der Waals surface area contributed by atoms with Crippen LogP contribution < -0.4 is 9.80 Å². The molecule has 0 amide bonds. The van der Waals surface area contributed by atoms with Crippen molar-refractivity contribution in [3.63, 3.8) is 0 Å². The van der Waals surface area contributed by atoms with Gasteiger partial charge in [-0.05, 0) is 119 Å². The van der Waals surface area contributed by atoms with Crippen molar-refractivity contribution in [3.05, 3.63) is 73.9 Å². The summed E-state index contributed by atoms with van der Waals surface area (Å²) in [5.74, 6) is 3.10. The van der Waals surface area contributed by atoms with Crippen LogP contribution in [0.3, 0.4) is 0 Å². The third-order valence-corrected chi connectivity index (χ3v) is 12.8. The summed E-state index contributed by atoms with van der Waals surface area (Å²) in [7, 11) is 0. The van der Waals surface area contributed by atoms with Crippen LogP contribution in [0.25, 0.3) is 11.5 Å². The highest BCUT2D eigenvalue weighted by atomic mass is 35.5. The smallest absolute Gasteiger partial charge is 0.224 e. The van der Waals surface area contributed by atoms with Crippen LogP contribution in [-0.4, -0.2) is 61.1 Å². The van der Waals surface area contributed by atoms with Gasteiger partial charge in [0.15, 0.2) is 5.82 Å². The Bertz CT molecular complexity index is 1860. The maximum absolute atomic E-state index is 6.04. The molecule has 4 aliphatic carbocycles. The van der Waals surface area contributed by atoms with Crippen LogP contribution in [-0.2, 0) is 38.5 Å². The minimum atomic E-state index is 0.260. The number of rotatable bonds is 3. The minimum absolute atomic E-state index is 0.260. The fraction of sp³-hybridized carbons (Fsp3) is 0.622. The van der Waals surface area contributed by atoms with E-state index >= 15 is 0 Å². The van der Waals surface area contributed by atoms with Crippen molar-refractivity contribution in [1.82, 2.24) is 34.9 Å². The molecule has 9 nitrogen and oxygen atoms in total. The lowest BCUT2D eigenvalue weighted by Gasteiger charge is -2.24. The van der Waals surface area contributed by atoms with E-state index in [1.165, 1.54) is 137 Å². The highest BCUT2D eigenvalue weighted by Gasteiger charge is 2.25. The van der Waals surface area contributed by atoms with E-state index in [4.69, 9.17) is 44.8 Å². The Morgan fingerprint density at radius 1 is 0.404 bits per heavy atom. The van der Waals surface area contributed by atoms with Crippen molar-refractivity contribution in [2.75, 3.05) is 36.0 Å². The number of nitrogens with zero attached hydrogens (tertiary/aromatic N) is 9. The Morgan fingerprint density at radius 3 is 1.35 bits per heavy atom. The van der Waals surface area contributed by atoms with Crippen LogP contribution in [0.15, 0.2) is 24.4 Å². The van der Waals surface area contributed by atoms with Gasteiger partial charge < -0.3 is 9.80 Å². The van der Waals surface area contributed by atoms with Crippen molar-refractivity contribution < 1.29 is 0 Å². The van der Waals surface area contributed by atoms with E-state index in [1.807, 2.05) is 24.4 Å². The summed E-state index contributed by atoms with van der Waals surface area (Å²) in [6.07, 6.45) is 32.7. The van der Waals surface area contributed by atoms with Crippen molar-refractivity contribution in [2.24, 2.45) is 0 Å². The normalized spacial score (nSPS) is 18.9. The van der Waals surface area contributed by atoms with Crippen LogP contribution in [0.2, 0.25) is 15.7 Å². The molecule has 2 saturated heterocycles. The molecule has 6 heterocycles. The maximum atomic E-state index is 6.04. The molecular weight excluding hydrogens is 773 g/mol. The van der Waals surface area contributed by atoms with Crippen molar-refractivity contribution in [2.45, 2.75) is 154 Å². The molecule has 10 rings (SSSR count). The number of aryl methyl sites for hydroxylation is 3. The molecule has 12 heteroatoms. The molecule has 4 aromatic rings. The van der Waals surface area contributed by atoms with Gasteiger partial charge in [0.1, 0.15) is 22.5 Å². The zero-order valence-corrected chi connectivity index (χ0v) is 36.0. The van der Waals surface area contributed by atoms with E-state index in [2.05, 4.69) is 34.7 Å². The molecule has 0 N–H and O–H groups in total. The number of anilines is 2. The third-order valence-electron chi connectivity index (χ3n) is 12.1. The molecule has 306 valence electrons. The standard InChI is InChI=1S/C18H22N4.C13H18ClN3.C7H6Cl2N2.C7H14/c1-2-6-13-22(12-5-1)18-14-8-7-10-15(14)20-17(21-18)16-9-3-4-11-19-16;14-13-15-11-7-5-6-10(11)12(16-13)17-8-3-1-2-4-9-17;8-6-4-2-1-3-5(4)10-7(9)11-6;1-2-4-6-7-5-3-1/h3-4,9,11H,1-2,5-8,10,12-13H2;1-9H2;1-3H2;1-7H2. The summed E-state index contributed by atoms with van der Waals surface area (Å²) in [6.45, 7) is 4.51. The molecular formula is C45H60Cl3N9. The largest absolute Gasteiger partial charge is 0.356 e. The fourth-order valence-electron chi connectivity index (χ4n) is 9.09. The predicted molar refractivity (Wildman–Crippen MR) is 234 cm³/mol. The minimum Gasteiger partial charge on any atom is -0.356 e. The van der Waals surface area contributed by atoms with Gasteiger partial charge in [-0.1, -0.05) is 88.3 Å². The zero-order valence-electron chi connectivity index (χ0n) is 33.8. The average molecular weight is 833 g/mol. The fourth-order valence-corrected chi connectivity index (χ4v) is 9.78. The number of halogens is 3. The van der Waals surface area contributed by atoms with E-state index in [9.17, 15) is 0 Å². The highest BCUT2D eigenvalue weighted by molar-refractivity contribution is 6.32. The van der Waals surface area contributed by atoms with Gasteiger partial charge >= 0.3 is 0 Å². The van der Waals surface area contributed by atoms with Crippen LogP contribution in [0.4, 0.5) is 11.6 Å². The molecule has 1 saturated carbocycles. The van der Waals surface area contributed by atoms with Crippen LogP contribution >= 0.6 is 34.8 Å². The van der Waals surface area contributed by atoms with Gasteiger partial charge in [-0.3, -0.25) is 4.98 Å². The molecule has 4 aromatic heterocycles. The highest BCUT2D eigenvalue weighted by Crippen LogP contribution is 2.33. The lowest BCUT2D eigenvalue weighted by Crippen LogP contribution is -2.26. The SMILES string of the molecule is C1CCCCCC1.Clc1nc(Cl)c2c(n1)CCC2.Clc1nc2c(c(N3CCCCCC3)n1)CCC2.c1ccc(-c2nc3c(c(N4CCCCCC4)n2)CCC3)nc1. The second-order valence-electron chi connectivity index (χ2n) is 16.3. The summed E-state index contributed by atoms with van der Waals surface area (Å²) < 4.78 is 0. The first kappa shape index (κ1) is 42.0. The molecule has 0 radical (unpaired) electrons. The van der Waals surface area contributed by atoms with E-state index in [0.717, 1.165) is 99.7 Å². The van der Waals surface area contributed by atoms with Gasteiger partial charge in [0.25, 0.3) is 0 Å². The van der Waals surface area contributed by atoms with Crippen molar-refractivity contribution in [1.29, 1.82) is 0 Å². The summed E-state index contributed by atoms with van der Waals surface area (Å²) in [5, 5.41) is 1.21. The Hall–Kier alpha value is -3.14. The summed E-state index contributed by atoms with van der Waals surface area (Å²) >= 11 is 17.5. The lowest BCUT2D eigenvalue weighted by atomic mass is 10.2. The van der Waals surface area contributed by atoms with Gasteiger partial charge in [-0.15, -0.1) is 0 Å². The lowest BCUT2D eigenvalue weighted by molar-refractivity contribution is 0.702. The second kappa shape index (κ2) is 21.7. The number of aromatic nitrogens is 7. The van der Waals surface area contributed by atoms with Crippen LogP contribution in [0.1, 0.15) is 149 Å². The quantitative estimate of drug-likeness (QED) is 0.114. The summed E-state index contributed by atoms with van der Waals surface area (Å²) in [4.78, 5) is 35.9. The Morgan fingerprint density at radius 2 is 0.842 bits per heavy atom. The van der Waals surface area contributed by atoms with Crippen LogP contribution in [0.5, 0.6) is 0 Å². The first-order valence-corrected chi connectivity index (χ1v) is 23.2. The topological polar surface area (TPSA) is 96.7 Å². The molecule has 2 aliphatic heterocycles. The summed E-state index contributed by atoms with van der Waals surface area (Å²) in [6, 6.07) is 5.94. The van der Waals surface area contributed by atoms with E-state index in [0.29, 0.717) is 10.4 Å². The van der Waals surface area contributed by atoms with E-state index in [1.54, 1.807) is 0 Å². The molecule has 57 heavy (non-hydrogen) atoms. The van der Waals surface area contributed by atoms with E-state index < -0.39 is 0 Å². The van der Waals surface area contributed by atoms with Crippen LogP contribution in [0, 0.1) is 0 Å². The predicted octanol–water partition coefficient (Wildman–Crippen LogP) is 11.4. The Labute approximate surface area is 355 Å². The van der Waals surface area contributed by atoms with Gasteiger partial charge in [0, 0.05) is 54.8 Å². The van der Waals surface area contributed by atoms with Crippen molar-refractivity contribution in [3.8, 4) is 11.5 Å². The second-order valence-corrected chi connectivity index (χ2v) is 17.3. The van der Waals surface area contributed by atoms with E-state index in [-0.39, 0.29) is 5.28 Å². The molecule has 0 unspecified atom stereocenters. The van der Waals surface area contributed by atoms with Gasteiger partial charge in [0.05, 0.1) is 11.4 Å². The number of fused-ring (bicyclic) bond motifs is 3. The monoisotopic (exact) mass is 831 g/mol. The first-order valence-electron chi connectivity index (χ1n) is 22.1. The first-order chi connectivity index (χ1) is 28.0. The number of hydrogen-bond donors (Lipinski definition) is 0. The third kappa shape index (κ3) is 11.8. The molecule has 0 aromatic carbocycles. The molecule has 3 fully saturated rings. The molecule has 0 spiro atoms.